The van der Waals surface area contributed by atoms with Crippen LogP contribution < -0.4 is 14.8 Å². The number of aromatic nitrogens is 2. The molecule has 1 N–H and O–H groups in total. The molecule has 0 saturated carbocycles. The Balaban J connectivity index is 1.58. The number of aryl methyl sites for hydroxylation is 1. The molecule has 26 heavy (non-hydrogen) atoms. The van der Waals surface area contributed by atoms with Crippen LogP contribution in [0.4, 0.5) is 16.2 Å². The summed E-state index contributed by atoms with van der Waals surface area (Å²) in [7, 11) is 3.77. The van der Waals surface area contributed by atoms with Gasteiger partial charge in [0.1, 0.15) is 7.05 Å². The van der Waals surface area contributed by atoms with E-state index in [0.717, 1.165) is 33.2 Å². The molecule has 0 aliphatic rings. The van der Waals surface area contributed by atoms with Crippen molar-refractivity contribution >= 4 is 39.2 Å². The summed E-state index contributed by atoms with van der Waals surface area (Å²) in [6, 6.07) is 19.4. The zero-order chi connectivity index (χ0) is 18.1. The number of carbonyl (C=O) groups is 1. The number of pyridine rings is 2. The molecule has 0 radical (unpaired) electrons. The van der Waals surface area contributed by atoms with Gasteiger partial charge >= 0.3 is 6.03 Å². The lowest BCUT2D eigenvalue weighted by atomic mass is 10.2. The summed E-state index contributed by atoms with van der Waals surface area (Å²) in [5.74, 6) is 0. The molecule has 0 atom stereocenters. The first kappa shape index (κ1) is 16.0. The first-order valence-electron chi connectivity index (χ1n) is 8.40. The van der Waals surface area contributed by atoms with E-state index in [9.17, 15) is 4.79 Å². The maximum Gasteiger partial charge on any atom is 0.326 e. The molecular weight excluding hydrogens is 324 g/mol. The smallest absolute Gasteiger partial charge is 0.308 e. The summed E-state index contributed by atoms with van der Waals surface area (Å²) >= 11 is 0. The zero-order valence-electron chi connectivity index (χ0n) is 14.7. The molecule has 0 bridgehead atoms. The summed E-state index contributed by atoms with van der Waals surface area (Å²) in [6.07, 6.45) is 3.76. The lowest BCUT2D eigenvalue weighted by Crippen LogP contribution is -2.31. The molecule has 128 valence electrons. The van der Waals surface area contributed by atoms with Gasteiger partial charge in [0.05, 0.1) is 5.52 Å². The van der Waals surface area contributed by atoms with Gasteiger partial charge in [0.2, 0.25) is 5.52 Å². The van der Waals surface area contributed by atoms with Crippen molar-refractivity contribution in [2.24, 2.45) is 7.05 Å². The summed E-state index contributed by atoms with van der Waals surface area (Å²) in [5.41, 5.74) is 3.60. The van der Waals surface area contributed by atoms with Gasteiger partial charge in [-0.05, 0) is 42.5 Å². The van der Waals surface area contributed by atoms with Crippen molar-refractivity contribution < 1.29 is 9.36 Å². The van der Waals surface area contributed by atoms with Gasteiger partial charge in [-0.3, -0.25) is 9.88 Å². The van der Waals surface area contributed by atoms with Gasteiger partial charge in [-0.1, -0.05) is 6.07 Å². The number of nitrogens with zero attached hydrogens (tertiary/aromatic N) is 3. The third-order valence-electron chi connectivity index (χ3n) is 4.52. The van der Waals surface area contributed by atoms with Gasteiger partial charge in [0.15, 0.2) is 6.20 Å². The molecule has 2 aromatic carbocycles. The van der Waals surface area contributed by atoms with Crippen molar-refractivity contribution in [1.29, 1.82) is 0 Å². The number of rotatable bonds is 2. The van der Waals surface area contributed by atoms with Gasteiger partial charge in [-0.15, -0.1) is 0 Å². The SMILES string of the molecule is CN(C(=O)Nc1ccc2ncccc2c1)c1ccc2c(ccc[n+]2C)c1. The Hall–Kier alpha value is -3.47. The van der Waals surface area contributed by atoms with Crippen LogP contribution in [0.3, 0.4) is 0 Å². The van der Waals surface area contributed by atoms with Crippen LogP contribution in [0.1, 0.15) is 0 Å². The van der Waals surface area contributed by atoms with Gasteiger partial charge in [-0.2, -0.15) is 0 Å². The second kappa shape index (κ2) is 6.44. The number of urea groups is 1. The minimum Gasteiger partial charge on any atom is -0.308 e. The van der Waals surface area contributed by atoms with E-state index >= 15 is 0 Å². The number of benzene rings is 2. The van der Waals surface area contributed by atoms with E-state index in [4.69, 9.17) is 0 Å². The van der Waals surface area contributed by atoms with Gasteiger partial charge < -0.3 is 5.32 Å². The topological polar surface area (TPSA) is 49.1 Å². The average Bonchev–Trinajstić information content (AvgIpc) is 2.67. The van der Waals surface area contributed by atoms with Crippen LogP contribution in [-0.4, -0.2) is 18.1 Å². The van der Waals surface area contributed by atoms with Gasteiger partial charge in [-0.25, -0.2) is 9.36 Å². The molecule has 2 aromatic heterocycles. The highest BCUT2D eigenvalue weighted by Crippen LogP contribution is 2.21. The van der Waals surface area contributed by atoms with Crippen LogP contribution in [0.25, 0.3) is 21.8 Å². The molecular formula is C21H19N4O+. The predicted octanol–water partition coefficient (Wildman–Crippen LogP) is 3.88. The van der Waals surface area contributed by atoms with E-state index < -0.39 is 0 Å². The Labute approximate surface area is 151 Å². The zero-order valence-corrected chi connectivity index (χ0v) is 14.7. The van der Waals surface area contributed by atoms with Gasteiger partial charge in [0.25, 0.3) is 0 Å². The number of fused-ring (bicyclic) bond motifs is 2. The summed E-state index contributed by atoms with van der Waals surface area (Å²) in [5, 5.41) is 5.02. The average molecular weight is 343 g/mol. The van der Waals surface area contributed by atoms with E-state index in [-0.39, 0.29) is 6.03 Å². The molecule has 4 aromatic rings. The molecule has 2 amide bonds. The van der Waals surface area contributed by atoms with Crippen molar-refractivity contribution in [2.75, 3.05) is 17.3 Å². The standard InChI is InChI=1S/C21H18N4O/c1-24-12-4-6-16-14-18(8-10-20(16)24)25(2)21(26)23-17-7-9-19-15(13-17)5-3-11-22-19/h3-14H,1-2H3/p+1. The Morgan fingerprint density at radius 1 is 1.04 bits per heavy atom. The fourth-order valence-electron chi connectivity index (χ4n) is 3.04. The Morgan fingerprint density at radius 2 is 1.88 bits per heavy atom. The molecule has 4 rings (SSSR count). The molecule has 0 aliphatic heterocycles. The number of hydrogen-bond acceptors (Lipinski definition) is 2. The predicted molar refractivity (Wildman–Crippen MR) is 104 cm³/mol. The first-order valence-corrected chi connectivity index (χ1v) is 8.40. The van der Waals surface area contributed by atoms with Crippen LogP contribution in [0, 0.1) is 0 Å². The summed E-state index contributed by atoms with van der Waals surface area (Å²) in [6.45, 7) is 0. The second-order valence-electron chi connectivity index (χ2n) is 6.26. The van der Waals surface area contributed by atoms with Crippen molar-refractivity contribution in [1.82, 2.24) is 4.98 Å². The van der Waals surface area contributed by atoms with E-state index in [1.54, 1.807) is 18.1 Å². The molecule has 0 fully saturated rings. The van der Waals surface area contributed by atoms with Crippen molar-refractivity contribution in [2.45, 2.75) is 0 Å². The Bertz CT molecular complexity index is 1120. The highest BCUT2D eigenvalue weighted by molar-refractivity contribution is 6.03. The normalized spacial score (nSPS) is 10.8. The molecule has 0 unspecified atom stereocenters. The third-order valence-corrected chi connectivity index (χ3v) is 4.52. The maximum atomic E-state index is 12.6. The number of nitrogens with one attached hydrogen (secondary N) is 1. The molecule has 0 aliphatic carbocycles. The monoisotopic (exact) mass is 343 g/mol. The van der Waals surface area contributed by atoms with Crippen molar-refractivity contribution in [3.8, 4) is 0 Å². The number of amides is 2. The van der Waals surface area contributed by atoms with E-state index in [1.165, 1.54) is 0 Å². The highest BCUT2D eigenvalue weighted by atomic mass is 16.2. The van der Waals surface area contributed by atoms with Crippen LogP contribution in [-0.2, 0) is 7.05 Å². The minimum atomic E-state index is -0.187. The largest absolute Gasteiger partial charge is 0.326 e. The molecule has 0 saturated heterocycles. The molecule has 0 spiro atoms. The second-order valence-corrected chi connectivity index (χ2v) is 6.26. The maximum absolute atomic E-state index is 12.6. The van der Waals surface area contributed by atoms with Gasteiger partial charge in [0, 0.05) is 47.5 Å². The number of hydrogen-bond donors (Lipinski definition) is 1. The lowest BCUT2D eigenvalue weighted by Gasteiger charge is -2.18. The quantitative estimate of drug-likeness (QED) is 0.562. The summed E-state index contributed by atoms with van der Waals surface area (Å²) < 4.78 is 2.06. The van der Waals surface area contributed by atoms with Crippen LogP contribution in [0.2, 0.25) is 0 Å². The van der Waals surface area contributed by atoms with E-state index in [1.807, 2.05) is 73.9 Å². The Kier molecular flexibility index (Phi) is 3.97. The Morgan fingerprint density at radius 3 is 2.77 bits per heavy atom. The van der Waals surface area contributed by atoms with Crippen LogP contribution in [0.5, 0.6) is 0 Å². The lowest BCUT2D eigenvalue weighted by molar-refractivity contribution is -0.644. The fourth-order valence-corrected chi connectivity index (χ4v) is 3.04. The molecule has 2 heterocycles. The van der Waals surface area contributed by atoms with E-state index in [0.29, 0.717) is 0 Å². The molecule has 5 nitrogen and oxygen atoms in total. The van der Waals surface area contributed by atoms with Crippen LogP contribution in [0.15, 0.2) is 73.1 Å². The van der Waals surface area contributed by atoms with Crippen molar-refractivity contribution in [3.05, 3.63) is 73.1 Å². The summed E-state index contributed by atoms with van der Waals surface area (Å²) in [4.78, 5) is 18.6. The minimum absolute atomic E-state index is 0.187. The number of anilines is 2. The fraction of sp³-hybridized carbons (Fsp3) is 0.0952. The van der Waals surface area contributed by atoms with E-state index in [2.05, 4.69) is 14.9 Å². The number of carbonyl (C=O) groups excluding carboxylic acids is 1. The third kappa shape index (κ3) is 2.95. The highest BCUT2D eigenvalue weighted by Gasteiger charge is 2.13. The van der Waals surface area contributed by atoms with Crippen LogP contribution >= 0.6 is 0 Å². The first-order chi connectivity index (χ1) is 12.6. The van der Waals surface area contributed by atoms with Crippen molar-refractivity contribution in [3.63, 3.8) is 0 Å². The molecule has 5 heteroatoms.